The number of nitrogens with zero attached hydrogens (tertiary/aromatic N) is 1. The van der Waals surface area contributed by atoms with E-state index in [1.54, 1.807) is 45.5 Å². The fourth-order valence-corrected chi connectivity index (χ4v) is 4.21. The van der Waals surface area contributed by atoms with Crippen molar-refractivity contribution in [2.75, 3.05) is 54.7 Å². The van der Waals surface area contributed by atoms with E-state index in [0.29, 0.717) is 49.1 Å². The third-order valence-electron chi connectivity index (χ3n) is 5.90. The van der Waals surface area contributed by atoms with Gasteiger partial charge in [0.15, 0.2) is 11.5 Å². The van der Waals surface area contributed by atoms with Gasteiger partial charge in [-0.15, -0.1) is 0 Å². The lowest BCUT2D eigenvalue weighted by atomic mass is 9.88. The maximum atomic E-state index is 13.2. The first kappa shape index (κ1) is 24.4. The fourth-order valence-electron chi connectivity index (χ4n) is 4.21. The Labute approximate surface area is 194 Å². The molecular formula is C25H32N2O6. The van der Waals surface area contributed by atoms with Crippen LogP contribution in [0.15, 0.2) is 42.5 Å². The van der Waals surface area contributed by atoms with Gasteiger partial charge in [-0.25, -0.2) is 0 Å². The molecule has 1 fully saturated rings. The molecule has 0 spiro atoms. The van der Waals surface area contributed by atoms with E-state index in [1.807, 2.05) is 30.3 Å². The van der Waals surface area contributed by atoms with Crippen LogP contribution in [-0.2, 0) is 9.53 Å². The van der Waals surface area contributed by atoms with Crippen molar-refractivity contribution in [1.82, 2.24) is 10.2 Å². The summed E-state index contributed by atoms with van der Waals surface area (Å²) in [4.78, 5) is 28.0. The molecule has 1 heterocycles. The number of benzene rings is 2. The Balaban J connectivity index is 1.91. The normalized spacial score (nSPS) is 17.5. The summed E-state index contributed by atoms with van der Waals surface area (Å²) in [5, 5.41) is 2.99. The first-order valence-corrected chi connectivity index (χ1v) is 10.9. The molecule has 8 nitrogen and oxygen atoms in total. The number of hydrogen-bond donors (Lipinski definition) is 1. The number of rotatable bonds is 10. The molecule has 33 heavy (non-hydrogen) atoms. The van der Waals surface area contributed by atoms with E-state index in [2.05, 4.69) is 5.32 Å². The van der Waals surface area contributed by atoms with Gasteiger partial charge in [0, 0.05) is 44.8 Å². The highest BCUT2D eigenvalue weighted by molar-refractivity contribution is 5.95. The zero-order chi connectivity index (χ0) is 23.8. The van der Waals surface area contributed by atoms with Crippen LogP contribution in [-0.4, -0.2) is 71.4 Å². The molecule has 3 rings (SSSR count). The molecule has 0 bridgehead atoms. The van der Waals surface area contributed by atoms with Gasteiger partial charge in [0.25, 0.3) is 5.91 Å². The average Bonchev–Trinajstić information content (AvgIpc) is 3.31. The quantitative estimate of drug-likeness (QED) is 0.554. The SMILES string of the molecule is COCCCNC(=O)[C@H]1CN(C(=O)c2ccccc2)C[C@H]1c1cc(OC)c(OC)c(OC)c1. The average molecular weight is 457 g/mol. The molecule has 0 saturated carbocycles. The molecule has 0 unspecified atom stereocenters. The lowest BCUT2D eigenvalue weighted by Gasteiger charge is -2.21. The Morgan fingerprint density at radius 1 is 0.970 bits per heavy atom. The highest BCUT2D eigenvalue weighted by Gasteiger charge is 2.41. The van der Waals surface area contributed by atoms with Crippen LogP contribution in [0.5, 0.6) is 17.2 Å². The maximum Gasteiger partial charge on any atom is 0.253 e. The van der Waals surface area contributed by atoms with E-state index < -0.39 is 5.92 Å². The molecule has 0 aliphatic carbocycles. The van der Waals surface area contributed by atoms with Crippen LogP contribution in [0.1, 0.15) is 28.3 Å². The van der Waals surface area contributed by atoms with E-state index in [0.717, 1.165) is 12.0 Å². The van der Waals surface area contributed by atoms with Crippen molar-refractivity contribution in [3.63, 3.8) is 0 Å². The summed E-state index contributed by atoms with van der Waals surface area (Å²) >= 11 is 0. The lowest BCUT2D eigenvalue weighted by molar-refractivity contribution is -0.125. The number of methoxy groups -OCH3 is 4. The van der Waals surface area contributed by atoms with E-state index >= 15 is 0 Å². The van der Waals surface area contributed by atoms with Gasteiger partial charge < -0.3 is 29.2 Å². The number of amides is 2. The van der Waals surface area contributed by atoms with Gasteiger partial charge in [0.05, 0.1) is 27.2 Å². The van der Waals surface area contributed by atoms with E-state index in [4.69, 9.17) is 18.9 Å². The molecule has 1 aliphatic heterocycles. The molecule has 8 heteroatoms. The number of ether oxygens (including phenoxy) is 4. The minimum absolute atomic E-state index is 0.0896. The number of carbonyl (C=O) groups is 2. The zero-order valence-electron chi connectivity index (χ0n) is 19.6. The Hall–Kier alpha value is -3.26. The smallest absolute Gasteiger partial charge is 0.253 e. The summed E-state index contributed by atoms with van der Waals surface area (Å²) in [7, 11) is 6.29. The molecule has 178 valence electrons. The van der Waals surface area contributed by atoms with Gasteiger partial charge in [0.1, 0.15) is 0 Å². The monoisotopic (exact) mass is 456 g/mol. The molecular weight excluding hydrogens is 424 g/mol. The molecule has 1 saturated heterocycles. The van der Waals surface area contributed by atoms with E-state index in [-0.39, 0.29) is 17.7 Å². The predicted molar refractivity (Wildman–Crippen MR) is 124 cm³/mol. The van der Waals surface area contributed by atoms with E-state index in [9.17, 15) is 9.59 Å². The highest BCUT2D eigenvalue weighted by atomic mass is 16.5. The van der Waals surface area contributed by atoms with Crippen molar-refractivity contribution < 1.29 is 28.5 Å². The second-order valence-electron chi connectivity index (χ2n) is 7.89. The van der Waals surface area contributed by atoms with Crippen LogP contribution in [0.3, 0.4) is 0 Å². The minimum atomic E-state index is -0.414. The standard InChI is InChI=1S/C25H32N2O6/c1-30-12-8-11-26-24(28)20-16-27(25(29)17-9-6-5-7-10-17)15-19(20)18-13-21(31-2)23(33-4)22(14-18)32-3/h5-7,9-10,13-14,19-20H,8,11-12,15-16H2,1-4H3,(H,26,28)/t19-,20-/m0/s1. The maximum absolute atomic E-state index is 13.2. The van der Waals surface area contributed by atoms with Crippen LogP contribution in [0.4, 0.5) is 0 Å². The number of nitrogens with one attached hydrogen (secondary N) is 1. The Morgan fingerprint density at radius 3 is 2.21 bits per heavy atom. The second kappa shape index (κ2) is 11.6. The van der Waals surface area contributed by atoms with Crippen molar-refractivity contribution in [1.29, 1.82) is 0 Å². The van der Waals surface area contributed by atoms with Crippen LogP contribution in [0, 0.1) is 5.92 Å². The van der Waals surface area contributed by atoms with Crippen LogP contribution in [0.25, 0.3) is 0 Å². The molecule has 1 aliphatic rings. The summed E-state index contributed by atoms with van der Waals surface area (Å²) in [6.07, 6.45) is 0.719. The third-order valence-corrected chi connectivity index (χ3v) is 5.90. The molecule has 1 N–H and O–H groups in total. The van der Waals surface area contributed by atoms with Gasteiger partial charge in [-0.1, -0.05) is 18.2 Å². The van der Waals surface area contributed by atoms with Crippen LogP contribution in [0.2, 0.25) is 0 Å². The van der Waals surface area contributed by atoms with Crippen LogP contribution >= 0.6 is 0 Å². The largest absolute Gasteiger partial charge is 0.493 e. The second-order valence-corrected chi connectivity index (χ2v) is 7.89. The van der Waals surface area contributed by atoms with Crippen molar-refractivity contribution in [2.24, 2.45) is 5.92 Å². The lowest BCUT2D eigenvalue weighted by Crippen LogP contribution is -2.36. The van der Waals surface area contributed by atoms with Gasteiger partial charge >= 0.3 is 0 Å². The molecule has 2 amide bonds. The van der Waals surface area contributed by atoms with Gasteiger partial charge in [-0.2, -0.15) is 0 Å². The Bertz CT molecular complexity index is 924. The van der Waals surface area contributed by atoms with Gasteiger partial charge in [0.2, 0.25) is 11.7 Å². The number of likely N-dealkylation sites (tertiary alicyclic amines) is 1. The molecule has 0 radical (unpaired) electrons. The Kier molecular flexibility index (Phi) is 8.54. The predicted octanol–water partition coefficient (Wildman–Crippen LogP) is 2.72. The molecule has 0 aromatic heterocycles. The van der Waals surface area contributed by atoms with Crippen molar-refractivity contribution in [3.05, 3.63) is 53.6 Å². The van der Waals surface area contributed by atoms with Crippen molar-refractivity contribution in [3.8, 4) is 17.2 Å². The summed E-state index contributed by atoms with van der Waals surface area (Å²) in [5.41, 5.74) is 1.45. The number of carbonyl (C=O) groups excluding carboxylic acids is 2. The summed E-state index contributed by atoms with van der Waals surface area (Å²) in [6, 6.07) is 12.8. The van der Waals surface area contributed by atoms with E-state index in [1.165, 1.54) is 0 Å². The first-order valence-electron chi connectivity index (χ1n) is 10.9. The molecule has 2 atom stereocenters. The molecule has 2 aromatic rings. The fraction of sp³-hybridized carbons (Fsp3) is 0.440. The zero-order valence-corrected chi connectivity index (χ0v) is 19.6. The van der Waals surface area contributed by atoms with Gasteiger partial charge in [-0.3, -0.25) is 9.59 Å². The van der Waals surface area contributed by atoms with Crippen molar-refractivity contribution in [2.45, 2.75) is 12.3 Å². The van der Waals surface area contributed by atoms with Gasteiger partial charge in [-0.05, 0) is 36.2 Å². The Morgan fingerprint density at radius 2 is 1.64 bits per heavy atom. The summed E-state index contributed by atoms with van der Waals surface area (Å²) in [5.74, 6) is 0.685. The van der Waals surface area contributed by atoms with Crippen LogP contribution < -0.4 is 19.5 Å². The number of hydrogen-bond acceptors (Lipinski definition) is 6. The summed E-state index contributed by atoms with van der Waals surface area (Å²) < 4.78 is 21.5. The third kappa shape index (κ3) is 5.57. The summed E-state index contributed by atoms with van der Waals surface area (Å²) in [6.45, 7) is 1.81. The first-order chi connectivity index (χ1) is 16.0. The highest BCUT2D eigenvalue weighted by Crippen LogP contribution is 2.43. The molecule has 2 aromatic carbocycles. The van der Waals surface area contributed by atoms with Crippen molar-refractivity contribution >= 4 is 11.8 Å². The minimum Gasteiger partial charge on any atom is -0.493 e. The topological polar surface area (TPSA) is 86.3 Å².